The highest BCUT2D eigenvalue weighted by molar-refractivity contribution is 7.92. The van der Waals surface area contributed by atoms with Crippen LogP contribution >= 0.6 is 11.6 Å². The van der Waals surface area contributed by atoms with Crippen LogP contribution in [0.4, 0.5) is 5.69 Å². The largest absolute Gasteiger partial charge is 0.491 e. The van der Waals surface area contributed by atoms with Crippen molar-refractivity contribution in [2.24, 2.45) is 29.2 Å². The molecule has 3 aromatic rings. The smallest absolute Gasteiger partial charge is 0.286 e. The molecule has 1 aliphatic carbocycles. The standard InChI is InChI=1S/C45H60ClN7O7S/c1-31-8-7-16-45(58-4,30-51-17-18-52-19-21-59-28-37(52)26-51)39-14-11-35(39)25-53-24-34-10-13-36(46)22-32(34)9-5-6-20-60-41-15-12-33(23-40(41)53)42(54)48-61(56,29-31)49-43(55)38-27-50(2)47-44(38)57-3/h7,10,12-13,15-16,22-23,27,31,35,37,39H,5-6,8-9,11,14,17-21,24-26,28-30H2,1-4H3,(H,48,49,54,55,56)/b16-7+/t31-,35-,37-,39+,45+,61?/m0/s1. The number of piperazine rings is 1. The van der Waals surface area contributed by atoms with Crippen LogP contribution in [-0.4, -0.2) is 126 Å². The molecule has 14 nitrogen and oxygen atoms in total. The highest BCUT2D eigenvalue weighted by Crippen LogP contribution is 2.47. The highest BCUT2D eigenvalue weighted by Gasteiger charge is 2.49. The summed E-state index contributed by atoms with van der Waals surface area (Å²) in [5, 5.41) is 4.90. The predicted molar refractivity (Wildman–Crippen MR) is 236 cm³/mol. The van der Waals surface area contributed by atoms with Gasteiger partial charge in [-0.1, -0.05) is 36.7 Å². The molecule has 16 heteroatoms. The Labute approximate surface area is 365 Å². The lowest BCUT2D eigenvalue weighted by Gasteiger charge is -2.53. The third-order valence-electron chi connectivity index (χ3n) is 13.2. The Kier molecular flexibility index (Phi) is 13.4. The number of rotatable bonds is 6. The van der Waals surface area contributed by atoms with E-state index in [0.717, 1.165) is 83.7 Å². The second-order valence-electron chi connectivity index (χ2n) is 17.5. The zero-order chi connectivity index (χ0) is 42.7. The minimum Gasteiger partial charge on any atom is -0.491 e. The number of nitrogens with one attached hydrogen (secondary N) is 1. The number of nitrogens with zero attached hydrogens (tertiary/aromatic N) is 6. The van der Waals surface area contributed by atoms with Crippen LogP contribution in [0.15, 0.2) is 59.1 Å². The molecule has 6 atom stereocenters. The van der Waals surface area contributed by atoms with Gasteiger partial charge < -0.3 is 23.8 Å². The number of aryl methyl sites for hydroxylation is 2. The van der Waals surface area contributed by atoms with E-state index in [-0.39, 0.29) is 40.5 Å². The number of morpholine rings is 1. The van der Waals surface area contributed by atoms with Gasteiger partial charge in [0.1, 0.15) is 26.8 Å². The molecule has 0 radical (unpaired) electrons. The van der Waals surface area contributed by atoms with Crippen molar-refractivity contribution in [3.63, 3.8) is 0 Å². The Hall–Kier alpha value is -3.99. The number of anilines is 1. The van der Waals surface area contributed by atoms with Crippen molar-refractivity contribution < 1.29 is 32.7 Å². The van der Waals surface area contributed by atoms with Crippen LogP contribution < -0.4 is 19.1 Å². The molecule has 1 unspecified atom stereocenters. The van der Waals surface area contributed by atoms with Gasteiger partial charge in [-0.3, -0.25) is 28.8 Å². The summed E-state index contributed by atoms with van der Waals surface area (Å²) >= 11 is 6.58. The summed E-state index contributed by atoms with van der Waals surface area (Å²) in [5.41, 5.74) is 2.86. The number of benzene rings is 2. The summed E-state index contributed by atoms with van der Waals surface area (Å²) < 4.78 is 48.0. The Morgan fingerprint density at radius 3 is 2.74 bits per heavy atom. The summed E-state index contributed by atoms with van der Waals surface area (Å²) in [6.45, 7) is 9.78. The normalized spacial score (nSPS) is 29.6. The molecule has 1 saturated carbocycles. The van der Waals surface area contributed by atoms with Crippen LogP contribution in [0.5, 0.6) is 11.6 Å². The maximum atomic E-state index is 15.0. The first-order valence-electron chi connectivity index (χ1n) is 21.7. The maximum Gasteiger partial charge on any atom is 0.286 e. The predicted octanol–water partition coefficient (Wildman–Crippen LogP) is 5.78. The number of aromatic nitrogens is 2. The molecule has 2 aromatic carbocycles. The molecular formula is C45H60ClN7O7S. The number of allylic oxidation sites excluding steroid dienone is 1. The maximum absolute atomic E-state index is 15.0. The lowest BCUT2D eigenvalue weighted by atomic mass is 9.63. The van der Waals surface area contributed by atoms with E-state index in [4.69, 9.17) is 30.5 Å². The molecule has 61 heavy (non-hydrogen) atoms. The molecule has 330 valence electrons. The summed E-state index contributed by atoms with van der Waals surface area (Å²) in [6.07, 6.45) is 11.1. The van der Waals surface area contributed by atoms with Crippen molar-refractivity contribution in [3.8, 4) is 11.6 Å². The van der Waals surface area contributed by atoms with E-state index in [2.05, 4.69) is 53.2 Å². The second-order valence-corrected chi connectivity index (χ2v) is 19.9. The van der Waals surface area contributed by atoms with Crippen molar-refractivity contribution in [1.29, 1.82) is 0 Å². The number of ether oxygens (including phenoxy) is 4. The van der Waals surface area contributed by atoms with Crippen molar-refractivity contribution >= 4 is 39.0 Å². The average molecular weight is 879 g/mol. The van der Waals surface area contributed by atoms with Gasteiger partial charge in [0.15, 0.2) is 0 Å². The number of amides is 2. The molecule has 1 aromatic heterocycles. The van der Waals surface area contributed by atoms with Crippen LogP contribution in [0.25, 0.3) is 0 Å². The van der Waals surface area contributed by atoms with Crippen LogP contribution in [0.2, 0.25) is 5.02 Å². The van der Waals surface area contributed by atoms with Gasteiger partial charge >= 0.3 is 0 Å². The minimum absolute atomic E-state index is 0.0629. The van der Waals surface area contributed by atoms with E-state index in [1.165, 1.54) is 29.1 Å². The van der Waals surface area contributed by atoms with Gasteiger partial charge in [-0.2, -0.15) is 0 Å². The number of carbonyl (C=O) groups is 2. The Morgan fingerprint density at radius 2 is 1.93 bits per heavy atom. The fraction of sp³-hybridized carbons (Fsp3) is 0.578. The zero-order valence-electron chi connectivity index (χ0n) is 35.9. The quantitative estimate of drug-likeness (QED) is 0.302. The Morgan fingerprint density at radius 1 is 1.07 bits per heavy atom. The number of carbonyl (C=O) groups excluding carboxylic acids is 2. The van der Waals surface area contributed by atoms with Gasteiger partial charge in [0.2, 0.25) is 5.88 Å². The van der Waals surface area contributed by atoms with Gasteiger partial charge in [-0.15, -0.1) is 9.46 Å². The van der Waals surface area contributed by atoms with Gasteiger partial charge in [-0.25, -0.2) is 4.21 Å². The van der Waals surface area contributed by atoms with E-state index >= 15 is 0 Å². The number of hydrogen-bond acceptors (Lipinski definition) is 11. The molecule has 4 aliphatic heterocycles. The number of methoxy groups -OCH3 is 2. The molecule has 1 N–H and O–H groups in total. The first-order chi connectivity index (χ1) is 29.4. The SMILES string of the molecule is COc1nn(C)cc1C(=O)NS1(=O)=NC(=O)c2ccc3c(c2)N(Cc2ccc(Cl)cc2CCCCO3)C[C@@H]2CC[C@H]2[C@@](CN2CCN3CCOC[C@@H]3C2)(OC)/C=C/C[C@H](C)C1. The van der Waals surface area contributed by atoms with E-state index in [0.29, 0.717) is 42.9 Å². The first-order valence-corrected chi connectivity index (χ1v) is 23.8. The van der Waals surface area contributed by atoms with Gasteiger partial charge in [0.25, 0.3) is 11.8 Å². The number of fused-ring (bicyclic) bond motifs is 4. The minimum atomic E-state index is -3.68. The summed E-state index contributed by atoms with van der Waals surface area (Å²) in [5.74, 6) is -0.464. The molecule has 3 fully saturated rings. The molecule has 2 bridgehead atoms. The van der Waals surface area contributed by atoms with Crippen LogP contribution in [-0.2, 0) is 39.4 Å². The third-order valence-corrected chi connectivity index (χ3v) is 15.4. The van der Waals surface area contributed by atoms with Crippen LogP contribution in [0.1, 0.15) is 70.9 Å². The second kappa shape index (κ2) is 18.8. The van der Waals surface area contributed by atoms with Crippen LogP contribution in [0, 0.1) is 17.8 Å². The fourth-order valence-corrected chi connectivity index (χ4v) is 11.9. The fourth-order valence-electron chi connectivity index (χ4n) is 9.87. The Balaban J connectivity index is 1.22. The average Bonchev–Trinajstić information content (AvgIpc) is 3.61. The Bertz CT molecular complexity index is 2240. The molecule has 5 heterocycles. The monoisotopic (exact) mass is 877 g/mol. The van der Waals surface area contributed by atoms with E-state index in [1.54, 1.807) is 13.1 Å². The van der Waals surface area contributed by atoms with E-state index < -0.39 is 27.3 Å². The first kappa shape index (κ1) is 43.7. The molecule has 2 amide bonds. The van der Waals surface area contributed by atoms with Crippen molar-refractivity contribution in [3.05, 3.63) is 82.0 Å². The molecule has 5 aliphatic rings. The lowest BCUT2D eigenvalue weighted by Crippen LogP contribution is -2.62. The highest BCUT2D eigenvalue weighted by atomic mass is 35.5. The summed E-state index contributed by atoms with van der Waals surface area (Å²) in [4.78, 5) is 35.5. The summed E-state index contributed by atoms with van der Waals surface area (Å²) in [6, 6.07) is 11.8. The van der Waals surface area contributed by atoms with Crippen molar-refractivity contribution in [2.75, 3.05) is 84.0 Å². The van der Waals surface area contributed by atoms with Gasteiger partial charge in [0.05, 0.1) is 38.4 Å². The van der Waals surface area contributed by atoms with E-state index in [1.807, 2.05) is 32.2 Å². The zero-order valence-corrected chi connectivity index (χ0v) is 37.4. The van der Waals surface area contributed by atoms with Gasteiger partial charge in [0, 0.05) is 82.8 Å². The molecular weight excluding hydrogens is 818 g/mol. The van der Waals surface area contributed by atoms with Crippen LogP contribution in [0.3, 0.4) is 0 Å². The van der Waals surface area contributed by atoms with E-state index in [9.17, 15) is 13.8 Å². The van der Waals surface area contributed by atoms with Crippen molar-refractivity contribution in [2.45, 2.75) is 63.6 Å². The number of hydrogen-bond donors (Lipinski definition) is 1. The lowest BCUT2D eigenvalue weighted by molar-refractivity contribution is -0.108. The topological polar surface area (TPSA) is 140 Å². The molecule has 8 rings (SSSR count). The summed E-state index contributed by atoms with van der Waals surface area (Å²) in [7, 11) is 1.24. The van der Waals surface area contributed by atoms with Gasteiger partial charge in [-0.05, 0) is 97.7 Å². The van der Waals surface area contributed by atoms with Crippen molar-refractivity contribution in [1.82, 2.24) is 24.3 Å². The molecule has 2 saturated heterocycles. The third kappa shape index (κ3) is 9.82. The molecule has 0 spiro atoms. The number of halogens is 1.